The van der Waals surface area contributed by atoms with Gasteiger partial charge in [-0.3, -0.25) is 4.79 Å². The van der Waals surface area contributed by atoms with Crippen molar-refractivity contribution in [3.63, 3.8) is 0 Å². The molecule has 4 aliphatic carbocycles. The molecule has 18 heavy (non-hydrogen) atoms. The molecule has 0 spiro atoms. The number of primary amides is 1. The first-order valence-corrected chi connectivity index (χ1v) is 7.57. The van der Waals surface area contributed by atoms with Crippen LogP contribution in [-0.2, 0) is 4.79 Å². The number of amides is 1. The molecule has 1 unspecified atom stereocenters. The fourth-order valence-corrected chi connectivity index (χ4v) is 5.48. The Morgan fingerprint density at radius 2 is 1.72 bits per heavy atom. The number of hydrogen-bond acceptors (Lipinski definition) is 2. The van der Waals surface area contributed by atoms with Crippen molar-refractivity contribution in [2.75, 3.05) is 7.05 Å². The standard InChI is InChI=1S/C15H26N2O/c1-17-13(14(16)18)2-3-15-7-10-4-11(8-15)6-12(5-10)9-15/h10-13,17H,2-9H2,1H3,(H2,16,18). The molecule has 3 N–H and O–H groups in total. The van der Waals surface area contributed by atoms with Crippen LogP contribution < -0.4 is 11.1 Å². The molecule has 0 aliphatic heterocycles. The first kappa shape index (κ1) is 12.5. The van der Waals surface area contributed by atoms with Crippen LogP contribution in [0.4, 0.5) is 0 Å². The lowest BCUT2D eigenvalue weighted by molar-refractivity contribution is -0.120. The van der Waals surface area contributed by atoms with Gasteiger partial charge in [0.05, 0.1) is 6.04 Å². The van der Waals surface area contributed by atoms with Crippen molar-refractivity contribution in [1.82, 2.24) is 5.32 Å². The first-order chi connectivity index (χ1) is 8.60. The second-order valence-electron chi connectivity index (χ2n) is 7.20. The lowest BCUT2D eigenvalue weighted by atomic mass is 9.48. The minimum absolute atomic E-state index is 0.127. The maximum absolute atomic E-state index is 11.3. The van der Waals surface area contributed by atoms with Crippen LogP contribution >= 0.6 is 0 Å². The highest BCUT2D eigenvalue weighted by atomic mass is 16.1. The summed E-state index contributed by atoms with van der Waals surface area (Å²) in [6, 6.07) is -0.127. The van der Waals surface area contributed by atoms with Crippen LogP contribution in [0.2, 0.25) is 0 Å². The summed E-state index contributed by atoms with van der Waals surface area (Å²) >= 11 is 0. The van der Waals surface area contributed by atoms with Gasteiger partial charge in [-0.25, -0.2) is 0 Å². The van der Waals surface area contributed by atoms with Crippen LogP contribution in [0.15, 0.2) is 0 Å². The molecule has 1 amide bonds. The molecular formula is C15H26N2O. The van der Waals surface area contributed by atoms with E-state index in [1.807, 2.05) is 7.05 Å². The highest BCUT2D eigenvalue weighted by molar-refractivity contribution is 5.79. The third-order valence-corrected chi connectivity index (χ3v) is 5.82. The van der Waals surface area contributed by atoms with Crippen LogP contribution in [0.5, 0.6) is 0 Å². The van der Waals surface area contributed by atoms with E-state index in [-0.39, 0.29) is 11.9 Å². The van der Waals surface area contributed by atoms with Gasteiger partial charge in [-0.05, 0) is 81.6 Å². The first-order valence-electron chi connectivity index (χ1n) is 7.57. The van der Waals surface area contributed by atoms with Gasteiger partial charge in [0.25, 0.3) is 0 Å². The Kier molecular flexibility index (Phi) is 3.13. The zero-order valence-corrected chi connectivity index (χ0v) is 11.5. The number of carbonyl (C=O) groups is 1. The van der Waals surface area contributed by atoms with Gasteiger partial charge in [-0.2, -0.15) is 0 Å². The zero-order chi connectivity index (χ0) is 12.8. The molecule has 3 nitrogen and oxygen atoms in total. The Hall–Kier alpha value is -0.570. The van der Waals surface area contributed by atoms with E-state index in [0.29, 0.717) is 5.41 Å². The van der Waals surface area contributed by atoms with Gasteiger partial charge >= 0.3 is 0 Å². The van der Waals surface area contributed by atoms with Crippen LogP contribution in [0, 0.1) is 23.2 Å². The zero-order valence-electron chi connectivity index (χ0n) is 11.5. The summed E-state index contributed by atoms with van der Waals surface area (Å²) < 4.78 is 0. The molecule has 1 atom stereocenters. The molecule has 4 bridgehead atoms. The topological polar surface area (TPSA) is 55.1 Å². The van der Waals surface area contributed by atoms with E-state index >= 15 is 0 Å². The van der Waals surface area contributed by atoms with Gasteiger partial charge in [0.1, 0.15) is 0 Å². The summed E-state index contributed by atoms with van der Waals surface area (Å²) in [5.41, 5.74) is 5.99. The minimum atomic E-state index is -0.192. The quantitative estimate of drug-likeness (QED) is 0.784. The molecule has 0 aromatic rings. The van der Waals surface area contributed by atoms with Crippen molar-refractivity contribution < 1.29 is 4.79 Å². The molecule has 4 fully saturated rings. The SMILES string of the molecule is CNC(CCC12CC3CC(CC(C3)C1)C2)C(N)=O. The fraction of sp³-hybridized carbons (Fsp3) is 0.933. The minimum Gasteiger partial charge on any atom is -0.368 e. The summed E-state index contributed by atoms with van der Waals surface area (Å²) in [5.74, 6) is 2.80. The largest absolute Gasteiger partial charge is 0.368 e. The lowest BCUT2D eigenvalue weighted by Crippen LogP contribution is -2.47. The average molecular weight is 250 g/mol. The molecule has 0 radical (unpaired) electrons. The molecule has 4 aliphatic rings. The second kappa shape index (κ2) is 4.52. The van der Waals surface area contributed by atoms with E-state index in [2.05, 4.69) is 5.32 Å². The molecule has 0 saturated heterocycles. The highest BCUT2D eigenvalue weighted by Gasteiger charge is 2.50. The summed E-state index contributed by atoms with van der Waals surface area (Å²) in [6.07, 6.45) is 10.9. The van der Waals surface area contributed by atoms with Crippen molar-refractivity contribution in [3.05, 3.63) is 0 Å². The third-order valence-electron chi connectivity index (χ3n) is 5.82. The summed E-state index contributed by atoms with van der Waals surface area (Å²) in [4.78, 5) is 11.3. The summed E-state index contributed by atoms with van der Waals surface area (Å²) in [5, 5.41) is 3.06. The predicted molar refractivity (Wildman–Crippen MR) is 71.9 cm³/mol. The van der Waals surface area contributed by atoms with E-state index in [0.717, 1.165) is 24.2 Å². The number of hydrogen-bond donors (Lipinski definition) is 2. The predicted octanol–water partition coefficient (Wildman–Crippen LogP) is 2.06. The maximum Gasteiger partial charge on any atom is 0.234 e. The van der Waals surface area contributed by atoms with Crippen molar-refractivity contribution in [2.24, 2.45) is 28.9 Å². The normalized spacial score (nSPS) is 43.1. The molecule has 0 aromatic heterocycles. The second-order valence-corrected chi connectivity index (χ2v) is 7.20. The number of nitrogens with two attached hydrogens (primary N) is 1. The van der Waals surface area contributed by atoms with Crippen LogP contribution in [0.3, 0.4) is 0 Å². The van der Waals surface area contributed by atoms with E-state index < -0.39 is 0 Å². The van der Waals surface area contributed by atoms with Gasteiger partial charge in [-0.15, -0.1) is 0 Å². The van der Waals surface area contributed by atoms with Crippen molar-refractivity contribution in [3.8, 4) is 0 Å². The van der Waals surface area contributed by atoms with Gasteiger partial charge in [0.15, 0.2) is 0 Å². The van der Waals surface area contributed by atoms with Crippen molar-refractivity contribution in [2.45, 2.75) is 57.4 Å². The highest BCUT2D eigenvalue weighted by Crippen LogP contribution is 2.61. The van der Waals surface area contributed by atoms with E-state index in [4.69, 9.17) is 5.73 Å². The molecule has 0 aromatic carbocycles. The summed E-state index contributed by atoms with van der Waals surface area (Å²) in [6.45, 7) is 0. The Bertz CT molecular complexity index is 304. The monoisotopic (exact) mass is 250 g/mol. The number of nitrogens with one attached hydrogen (secondary N) is 1. The Balaban J connectivity index is 1.63. The molecule has 0 heterocycles. The van der Waals surface area contributed by atoms with Crippen molar-refractivity contribution >= 4 is 5.91 Å². The molecule has 4 rings (SSSR count). The smallest absolute Gasteiger partial charge is 0.234 e. The van der Waals surface area contributed by atoms with Crippen molar-refractivity contribution in [1.29, 1.82) is 0 Å². The Morgan fingerprint density at radius 3 is 2.11 bits per heavy atom. The number of rotatable bonds is 5. The molecular weight excluding hydrogens is 224 g/mol. The van der Waals surface area contributed by atoms with E-state index in [1.165, 1.54) is 44.9 Å². The Morgan fingerprint density at radius 1 is 1.22 bits per heavy atom. The third kappa shape index (κ3) is 2.18. The van der Waals surface area contributed by atoms with Crippen LogP contribution in [0.1, 0.15) is 51.4 Å². The van der Waals surface area contributed by atoms with E-state index in [9.17, 15) is 4.79 Å². The average Bonchev–Trinajstić information content (AvgIpc) is 2.27. The molecule has 102 valence electrons. The summed E-state index contributed by atoms with van der Waals surface area (Å²) in [7, 11) is 1.84. The van der Waals surface area contributed by atoms with Crippen LogP contribution in [-0.4, -0.2) is 19.0 Å². The van der Waals surface area contributed by atoms with Gasteiger partial charge in [-0.1, -0.05) is 0 Å². The van der Waals surface area contributed by atoms with Crippen LogP contribution in [0.25, 0.3) is 0 Å². The van der Waals surface area contributed by atoms with Gasteiger partial charge < -0.3 is 11.1 Å². The maximum atomic E-state index is 11.3. The molecule has 3 heteroatoms. The number of carbonyl (C=O) groups excluding carboxylic acids is 1. The lowest BCUT2D eigenvalue weighted by Gasteiger charge is -2.57. The van der Waals surface area contributed by atoms with Gasteiger partial charge in [0, 0.05) is 0 Å². The van der Waals surface area contributed by atoms with E-state index in [1.54, 1.807) is 0 Å². The molecule has 4 saturated carbocycles. The van der Waals surface area contributed by atoms with Gasteiger partial charge in [0.2, 0.25) is 5.91 Å². The number of likely N-dealkylation sites (N-methyl/N-ethyl adjacent to an activating group) is 1. The fourth-order valence-electron chi connectivity index (χ4n) is 5.48. The Labute approximate surface area is 110 Å².